The summed E-state index contributed by atoms with van der Waals surface area (Å²) in [4.78, 5) is 8.39. The third-order valence-electron chi connectivity index (χ3n) is 2.41. The van der Waals surface area contributed by atoms with E-state index in [9.17, 15) is 8.42 Å². The molecular weight excluding hydrogens is 236 g/mol. The van der Waals surface area contributed by atoms with Crippen LogP contribution >= 0.6 is 0 Å². The lowest BCUT2D eigenvalue weighted by atomic mass is 10.3. The largest absolute Gasteiger partial charge is 0.258 e. The molecule has 2 rings (SSSR count). The maximum absolute atomic E-state index is 12.1. The molecule has 0 aliphatic heterocycles. The Labute approximate surface area is 100 Å². The SMILES string of the molecule is Cc1nccnc1CS(=O)(=O)c1ccccc1. The van der Waals surface area contributed by atoms with Gasteiger partial charge < -0.3 is 0 Å². The Morgan fingerprint density at radius 2 is 1.71 bits per heavy atom. The first-order chi connectivity index (χ1) is 8.09. The Hall–Kier alpha value is -1.75. The zero-order valence-corrected chi connectivity index (χ0v) is 10.2. The van der Waals surface area contributed by atoms with E-state index in [1.165, 1.54) is 6.20 Å². The van der Waals surface area contributed by atoms with Gasteiger partial charge in [-0.15, -0.1) is 0 Å². The lowest BCUT2D eigenvalue weighted by molar-refractivity contribution is 0.594. The van der Waals surface area contributed by atoms with Gasteiger partial charge in [0.1, 0.15) is 0 Å². The van der Waals surface area contributed by atoms with Crippen molar-refractivity contribution in [2.24, 2.45) is 0 Å². The van der Waals surface area contributed by atoms with Crippen molar-refractivity contribution in [3.8, 4) is 0 Å². The van der Waals surface area contributed by atoms with Crippen molar-refractivity contribution in [1.82, 2.24) is 9.97 Å². The summed E-state index contributed by atoms with van der Waals surface area (Å²) >= 11 is 0. The summed E-state index contributed by atoms with van der Waals surface area (Å²) in [5.41, 5.74) is 1.14. The zero-order valence-electron chi connectivity index (χ0n) is 9.37. The van der Waals surface area contributed by atoms with Crippen molar-refractivity contribution in [2.75, 3.05) is 0 Å². The molecule has 0 aliphatic rings. The second kappa shape index (κ2) is 4.63. The Balaban J connectivity index is 2.34. The molecule has 0 fully saturated rings. The van der Waals surface area contributed by atoms with Gasteiger partial charge in [0.2, 0.25) is 0 Å². The first kappa shape index (κ1) is 11.7. The minimum absolute atomic E-state index is 0.114. The van der Waals surface area contributed by atoms with Crippen LogP contribution in [0.25, 0.3) is 0 Å². The third kappa shape index (κ3) is 2.68. The van der Waals surface area contributed by atoms with Gasteiger partial charge >= 0.3 is 0 Å². The molecule has 0 unspecified atom stereocenters. The van der Waals surface area contributed by atoms with Crippen LogP contribution in [0.2, 0.25) is 0 Å². The summed E-state index contributed by atoms with van der Waals surface area (Å²) < 4.78 is 24.2. The average Bonchev–Trinajstić information content (AvgIpc) is 2.33. The minimum atomic E-state index is -3.34. The molecule has 2 aromatic rings. The summed E-state index contributed by atoms with van der Waals surface area (Å²) in [6, 6.07) is 8.36. The van der Waals surface area contributed by atoms with E-state index in [0.29, 0.717) is 16.3 Å². The molecule has 4 nitrogen and oxygen atoms in total. The molecule has 0 amide bonds. The monoisotopic (exact) mass is 248 g/mol. The summed E-state index contributed by atoms with van der Waals surface area (Å²) in [6.45, 7) is 1.75. The number of aryl methyl sites for hydroxylation is 1. The summed E-state index contributed by atoms with van der Waals surface area (Å²) in [6.07, 6.45) is 3.05. The maximum Gasteiger partial charge on any atom is 0.184 e. The van der Waals surface area contributed by atoms with E-state index in [4.69, 9.17) is 0 Å². The second-order valence-corrected chi connectivity index (χ2v) is 5.65. The maximum atomic E-state index is 12.1. The van der Waals surface area contributed by atoms with Gasteiger partial charge in [-0.3, -0.25) is 9.97 Å². The zero-order chi connectivity index (χ0) is 12.3. The number of sulfone groups is 1. The van der Waals surface area contributed by atoms with Crippen molar-refractivity contribution in [3.05, 3.63) is 54.1 Å². The molecule has 17 heavy (non-hydrogen) atoms. The lowest BCUT2D eigenvalue weighted by Crippen LogP contribution is -2.08. The van der Waals surface area contributed by atoms with Crippen LogP contribution in [0.5, 0.6) is 0 Å². The Bertz CT molecular complexity index is 609. The smallest absolute Gasteiger partial charge is 0.184 e. The van der Waals surface area contributed by atoms with Gasteiger partial charge in [-0.25, -0.2) is 8.42 Å². The molecule has 0 spiro atoms. The molecule has 1 aromatic carbocycles. The Kier molecular flexibility index (Phi) is 3.19. The highest BCUT2D eigenvalue weighted by Gasteiger charge is 2.17. The van der Waals surface area contributed by atoms with Crippen molar-refractivity contribution in [3.63, 3.8) is 0 Å². The summed E-state index contributed by atoms with van der Waals surface area (Å²) in [5, 5.41) is 0. The third-order valence-corrected chi connectivity index (χ3v) is 4.06. The number of hydrogen-bond acceptors (Lipinski definition) is 4. The number of aromatic nitrogens is 2. The van der Waals surface area contributed by atoms with Gasteiger partial charge in [0, 0.05) is 12.4 Å². The van der Waals surface area contributed by atoms with Crippen LogP contribution in [0, 0.1) is 6.92 Å². The van der Waals surface area contributed by atoms with E-state index in [2.05, 4.69) is 9.97 Å². The topological polar surface area (TPSA) is 59.9 Å². The van der Waals surface area contributed by atoms with E-state index in [1.807, 2.05) is 0 Å². The highest BCUT2D eigenvalue weighted by atomic mass is 32.2. The lowest BCUT2D eigenvalue weighted by Gasteiger charge is -2.05. The van der Waals surface area contributed by atoms with E-state index >= 15 is 0 Å². The molecule has 0 radical (unpaired) electrons. The number of rotatable bonds is 3. The molecule has 1 aromatic heterocycles. The molecule has 1 heterocycles. The predicted octanol–water partition coefficient (Wildman–Crippen LogP) is 1.76. The van der Waals surface area contributed by atoms with Gasteiger partial charge in [-0.2, -0.15) is 0 Å². The highest BCUT2D eigenvalue weighted by molar-refractivity contribution is 7.90. The van der Waals surface area contributed by atoms with Crippen LogP contribution < -0.4 is 0 Å². The molecule has 0 saturated heterocycles. The molecule has 0 N–H and O–H groups in total. The Morgan fingerprint density at radius 3 is 2.35 bits per heavy atom. The first-order valence-corrected chi connectivity index (χ1v) is 6.79. The number of nitrogens with zero attached hydrogens (tertiary/aromatic N) is 2. The number of hydrogen-bond donors (Lipinski definition) is 0. The highest BCUT2D eigenvalue weighted by Crippen LogP contribution is 2.15. The predicted molar refractivity (Wildman–Crippen MR) is 64.1 cm³/mol. The van der Waals surface area contributed by atoms with E-state index in [1.54, 1.807) is 43.5 Å². The van der Waals surface area contributed by atoms with Crippen LogP contribution in [-0.2, 0) is 15.6 Å². The van der Waals surface area contributed by atoms with E-state index in [0.717, 1.165) is 0 Å². The van der Waals surface area contributed by atoms with E-state index < -0.39 is 9.84 Å². The van der Waals surface area contributed by atoms with Gasteiger partial charge in [0.25, 0.3) is 0 Å². The van der Waals surface area contributed by atoms with Crippen LogP contribution in [0.4, 0.5) is 0 Å². The van der Waals surface area contributed by atoms with Gasteiger partial charge in [0.15, 0.2) is 9.84 Å². The van der Waals surface area contributed by atoms with Gasteiger partial charge in [-0.1, -0.05) is 18.2 Å². The van der Waals surface area contributed by atoms with Crippen LogP contribution in [0.3, 0.4) is 0 Å². The fourth-order valence-corrected chi connectivity index (χ4v) is 2.85. The van der Waals surface area contributed by atoms with Gasteiger partial charge in [-0.05, 0) is 19.1 Å². The first-order valence-electron chi connectivity index (χ1n) is 5.14. The molecule has 5 heteroatoms. The van der Waals surface area contributed by atoms with Crippen LogP contribution in [-0.4, -0.2) is 18.4 Å². The standard InChI is InChI=1S/C12H12N2O2S/c1-10-12(14-8-7-13-10)9-17(15,16)11-5-3-2-4-6-11/h2-8H,9H2,1H3. The summed E-state index contributed by atoms with van der Waals surface area (Å²) in [7, 11) is -3.34. The number of benzene rings is 1. The van der Waals surface area contributed by atoms with Crippen LogP contribution in [0.1, 0.15) is 11.4 Å². The van der Waals surface area contributed by atoms with Crippen molar-refractivity contribution >= 4 is 9.84 Å². The molecule has 0 atom stereocenters. The quantitative estimate of drug-likeness (QED) is 0.830. The molecule has 0 aliphatic carbocycles. The normalized spacial score (nSPS) is 11.4. The van der Waals surface area contributed by atoms with Crippen molar-refractivity contribution in [1.29, 1.82) is 0 Å². The fourth-order valence-electron chi connectivity index (χ4n) is 1.47. The average molecular weight is 248 g/mol. The minimum Gasteiger partial charge on any atom is -0.258 e. The molecular formula is C12H12N2O2S. The van der Waals surface area contributed by atoms with E-state index in [-0.39, 0.29) is 5.75 Å². The van der Waals surface area contributed by atoms with Crippen molar-refractivity contribution < 1.29 is 8.42 Å². The Morgan fingerprint density at radius 1 is 1.06 bits per heavy atom. The fraction of sp³-hybridized carbons (Fsp3) is 0.167. The second-order valence-electron chi connectivity index (χ2n) is 3.66. The van der Waals surface area contributed by atoms with Crippen molar-refractivity contribution in [2.45, 2.75) is 17.6 Å². The molecule has 0 bridgehead atoms. The molecule has 0 saturated carbocycles. The molecule has 88 valence electrons. The van der Waals surface area contributed by atoms with Gasteiger partial charge in [0.05, 0.1) is 22.0 Å². The van der Waals surface area contributed by atoms with Crippen LogP contribution in [0.15, 0.2) is 47.6 Å². The summed E-state index contributed by atoms with van der Waals surface area (Å²) in [5.74, 6) is -0.114.